The van der Waals surface area contributed by atoms with Crippen molar-refractivity contribution < 1.29 is 18.3 Å². The number of nitriles is 1. The molecule has 0 amide bonds. The Hall–Kier alpha value is -2.81. The summed E-state index contributed by atoms with van der Waals surface area (Å²) in [5, 5.41) is 23.1. The summed E-state index contributed by atoms with van der Waals surface area (Å²) in [6, 6.07) is 6.83. The largest absolute Gasteiger partial charge is 0.470 e. The van der Waals surface area contributed by atoms with E-state index in [1.165, 1.54) is 22.8 Å². The summed E-state index contributed by atoms with van der Waals surface area (Å²) in [6.45, 7) is 2.42. The fourth-order valence-electron chi connectivity index (χ4n) is 4.10. The van der Waals surface area contributed by atoms with E-state index in [-0.39, 0.29) is 22.5 Å². The van der Waals surface area contributed by atoms with Gasteiger partial charge in [-0.25, -0.2) is 18.4 Å². The second-order valence-electron chi connectivity index (χ2n) is 8.37. The highest BCUT2D eigenvalue weighted by atomic mass is 32.2. The Bertz CT molecular complexity index is 1100. The topological polar surface area (TPSA) is 141 Å². The maximum atomic E-state index is 12.7. The summed E-state index contributed by atoms with van der Waals surface area (Å²) < 4.78 is 32.8. The predicted octanol–water partition coefficient (Wildman–Crippen LogP) is 1.69. The van der Waals surface area contributed by atoms with E-state index in [0.29, 0.717) is 44.7 Å². The molecule has 32 heavy (non-hydrogen) atoms. The maximum Gasteiger partial charge on any atom is 0.260 e. The number of piperidine rings is 1. The van der Waals surface area contributed by atoms with Crippen LogP contribution >= 0.6 is 0 Å². The Morgan fingerprint density at radius 1 is 1.28 bits per heavy atom. The van der Waals surface area contributed by atoms with E-state index in [2.05, 4.69) is 20.3 Å². The lowest BCUT2D eigenvalue weighted by molar-refractivity contribution is -0.0271. The molecule has 2 aliphatic rings. The lowest BCUT2D eigenvalue weighted by Gasteiger charge is -2.31. The third kappa shape index (κ3) is 4.67. The molecule has 0 spiro atoms. The number of anilines is 1. The van der Waals surface area contributed by atoms with Crippen LogP contribution in [-0.2, 0) is 10.0 Å². The summed E-state index contributed by atoms with van der Waals surface area (Å²) in [5.41, 5.74) is -0.758. The molecule has 2 atom stereocenters. The van der Waals surface area contributed by atoms with E-state index in [0.717, 1.165) is 6.42 Å². The third-order valence-electron chi connectivity index (χ3n) is 6.00. The molecule has 0 bridgehead atoms. The van der Waals surface area contributed by atoms with E-state index in [4.69, 9.17) is 4.74 Å². The van der Waals surface area contributed by atoms with Crippen LogP contribution in [0.4, 0.5) is 5.95 Å². The van der Waals surface area contributed by atoms with Crippen molar-refractivity contribution in [3.63, 3.8) is 0 Å². The van der Waals surface area contributed by atoms with Gasteiger partial charge >= 0.3 is 0 Å². The molecule has 2 aromatic rings. The quantitative estimate of drug-likeness (QED) is 0.661. The summed E-state index contributed by atoms with van der Waals surface area (Å²) in [6.07, 6.45) is 5.74. The minimum atomic E-state index is -3.62. The Morgan fingerprint density at radius 2 is 2.06 bits per heavy atom. The van der Waals surface area contributed by atoms with Crippen molar-refractivity contribution in [2.24, 2.45) is 0 Å². The van der Waals surface area contributed by atoms with Crippen molar-refractivity contribution in [3.05, 3.63) is 36.2 Å². The first-order valence-corrected chi connectivity index (χ1v) is 12.1. The van der Waals surface area contributed by atoms with Gasteiger partial charge in [-0.1, -0.05) is 6.07 Å². The summed E-state index contributed by atoms with van der Waals surface area (Å²) in [4.78, 5) is 12.5. The molecule has 1 aliphatic heterocycles. The van der Waals surface area contributed by atoms with Gasteiger partial charge in [0.15, 0.2) is 5.03 Å². The number of nitrogens with one attached hydrogen (secondary N) is 1. The van der Waals surface area contributed by atoms with E-state index < -0.39 is 21.7 Å². The van der Waals surface area contributed by atoms with Crippen LogP contribution in [0.1, 0.15) is 44.6 Å². The number of nitrogens with zero attached hydrogens (tertiary/aromatic N) is 5. The van der Waals surface area contributed by atoms with E-state index in [1.54, 1.807) is 19.1 Å². The highest BCUT2D eigenvalue weighted by molar-refractivity contribution is 7.89. The van der Waals surface area contributed by atoms with Gasteiger partial charge in [0.05, 0.1) is 11.8 Å². The third-order valence-corrected chi connectivity index (χ3v) is 7.82. The number of rotatable bonds is 6. The molecule has 3 heterocycles. The number of hydrogen-bond donors (Lipinski definition) is 2. The summed E-state index contributed by atoms with van der Waals surface area (Å²) in [5.74, 6) is 0.454. The zero-order valence-electron chi connectivity index (χ0n) is 17.8. The average molecular weight is 459 g/mol. The van der Waals surface area contributed by atoms with Gasteiger partial charge in [0, 0.05) is 25.3 Å². The first-order chi connectivity index (χ1) is 15.3. The zero-order chi connectivity index (χ0) is 22.8. The first kappa shape index (κ1) is 22.4. The standard InChI is InChI=1S/C21H26N6O4S/c1-21(28)9-4-5-17(21)31-19-15(13-22)14-24-20(26-19)25-16-7-11-27(12-8-16)32(29,30)18-6-2-3-10-23-18/h2-3,6,10,14,16-17,28H,4-5,7-9,11-12H2,1H3,(H,24,25,26)/t17-,21+/m0/s1. The van der Waals surface area contributed by atoms with Crippen LogP contribution < -0.4 is 10.1 Å². The van der Waals surface area contributed by atoms with E-state index in [1.807, 2.05) is 6.07 Å². The van der Waals surface area contributed by atoms with Crippen molar-refractivity contribution in [3.8, 4) is 11.9 Å². The molecule has 170 valence electrons. The minimum absolute atomic E-state index is 0.0273. The van der Waals surface area contributed by atoms with Crippen molar-refractivity contribution in [1.29, 1.82) is 5.26 Å². The molecule has 2 aromatic heterocycles. The van der Waals surface area contributed by atoms with Crippen LogP contribution in [0.3, 0.4) is 0 Å². The van der Waals surface area contributed by atoms with Crippen LogP contribution in [0.5, 0.6) is 5.88 Å². The van der Waals surface area contributed by atoms with Gasteiger partial charge in [0.1, 0.15) is 17.7 Å². The fourth-order valence-corrected chi connectivity index (χ4v) is 5.50. The Kier molecular flexibility index (Phi) is 6.28. The monoisotopic (exact) mass is 458 g/mol. The Morgan fingerprint density at radius 3 is 2.69 bits per heavy atom. The van der Waals surface area contributed by atoms with E-state index in [9.17, 15) is 18.8 Å². The first-order valence-electron chi connectivity index (χ1n) is 10.6. The zero-order valence-corrected chi connectivity index (χ0v) is 18.6. The molecule has 0 unspecified atom stereocenters. The van der Waals surface area contributed by atoms with Crippen molar-refractivity contribution in [1.82, 2.24) is 19.3 Å². The van der Waals surface area contributed by atoms with Gasteiger partial charge in [-0.05, 0) is 51.2 Å². The molecule has 1 aliphatic carbocycles. The van der Waals surface area contributed by atoms with Crippen molar-refractivity contribution in [2.45, 2.75) is 61.8 Å². The number of hydrogen-bond acceptors (Lipinski definition) is 9. The smallest absolute Gasteiger partial charge is 0.260 e. The van der Waals surface area contributed by atoms with Gasteiger partial charge in [-0.3, -0.25) is 0 Å². The van der Waals surface area contributed by atoms with Crippen LogP contribution in [-0.4, -0.2) is 63.6 Å². The lowest BCUT2D eigenvalue weighted by atomic mass is 10.0. The molecular formula is C21H26N6O4S. The molecule has 1 saturated heterocycles. The molecule has 4 rings (SSSR count). The van der Waals surface area contributed by atoms with Gasteiger partial charge in [-0.15, -0.1) is 0 Å². The molecule has 0 aromatic carbocycles. The Labute approximate surface area is 187 Å². The number of ether oxygens (including phenoxy) is 1. The van der Waals surface area contributed by atoms with Crippen LogP contribution in [0, 0.1) is 11.3 Å². The minimum Gasteiger partial charge on any atom is -0.470 e. The molecule has 0 radical (unpaired) electrons. The number of sulfonamides is 1. The second-order valence-corrected chi connectivity index (χ2v) is 10.3. The number of aliphatic hydroxyl groups is 1. The van der Waals surface area contributed by atoms with Gasteiger partial charge in [-0.2, -0.15) is 14.6 Å². The fraction of sp³-hybridized carbons (Fsp3) is 0.524. The van der Waals surface area contributed by atoms with Crippen LogP contribution in [0.15, 0.2) is 35.6 Å². The SMILES string of the molecule is C[C@@]1(O)CCC[C@@H]1Oc1nc(NC2CCN(S(=O)(=O)c3ccccn3)CC2)ncc1C#N. The maximum absolute atomic E-state index is 12.7. The number of pyridine rings is 1. The normalized spacial score (nSPS) is 24.7. The van der Waals surface area contributed by atoms with Crippen LogP contribution in [0.25, 0.3) is 0 Å². The summed E-state index contributed by atoms with van der Waals surface area (Å²) >= 11 is 0. The van der Waals surface area contributed by atoms with Gasteiger partial charge in [0.25, 0.3) is 10.0 Å². The molecule has 2 N–H and O–H groups in total. The highest BCUT2D eigenvalue weighted by Crippen LogP contribution is 2.33. The molecular weight excluding hydrogens is 432 g/mol. The van der Waals surface area contributed by atoms with Gasteiger partial charge in [0.2, 0.25) is 11.8 Å². The lowest BCUT2D eigenvalue weighted by Crippen LogP contribution is -2.42. The van der Waals surface area contributed by atoms with Crippen LogP contribution in [0.2, 0.25) is 0 Å². The molecule has 10 nitrogen and oxygen atoms in total. The molecule has 1 saturated carbocycles. The Balaban J connectivity index is 1.41. The number of aromatic nitrogens is 3. The molecule has 2 fully saturated rings. The van der Waals surface area contributed by atoms with Gasteiger partial charge < -0.3 is 15.2 Å². The van der Waals surface area contributed by atoms with Crippen molar-refractivity contribution in [2.75, 3.05) is 18.4 Å². The summed E-state index contributed by atoms with van der Waals surface area (Å²) in [7, 11) is -3.62. The van der Waals surface area contributed by atoms with E-state index >= 15 is 0 Å². The van der Waals surface area contributed by atoms with Crippen molar-refractivity contribution >= 4 is 16.0 Å². The molecule has 11 heteroatoms. The highest BCUT2D eigenvalue weighted by Gasteiger charge is 2.39. The predicted molar refractivity (Wildman–Crippen MR) is 115 cm³/mol. The average Bonchev–Trinajstić information content (AvgIpc) is 3.12. The second kappa shape index (κ2) is 8.97.